The van der Waals surface area contributed by atoms with Crippen molar-refractivity contribution in [2.45, 2.75) is 12.6 Å². The summed E-state index contributed by atoms with van der Waals surface area (Å²) < 4.78 is 19.0. The highest BCUT2D eigenvalue weighted by molar-refractivity contribution is 6.31. The van der Waals surface area contributed by atoms with Gasteiger partial charge in [0.05, 0.1) is 18.4 Å². The van der Waals surface area contributed by atoms with E-state index >= 15 is 0 Å². The molecule has 5 rings (SSSR count). The number of rotatable bonds is 7. The summed E-state index contributed by atoms with van der Waals surface area (Å²) in [4.78, 5) is 31.5. The Morgan fingerprint density at radius 2 is 1.74 bits per heavy atom. The summed E-state index contributed by atoms with van der Waals surface area (Å²) in [5.74, 6) is -0.475. The first-order chi connectivity index (χ1) is 18.5. The molecule has 0 bridgehead atoms. The van der Waals surface area contributed by atoms with Crippen molar-refractivity contribution in [1.29, 1.82) is 0 Å². The van der Waals surface area contributed by atoms with E-state index in [2.05, 4.69) is 25.1 Å². The zero-order valence-corrected chi connectivity index (χ0v) is 21.7. The first kappa shape index (κ1) is 26.0. The molecule has 8 nitrogen and oxygen atoms in total. The van der Waals surface area contributed by atoms with E-state index in [1.54, 1.807) is 12.3 Å². The Bertz CT molecular complexity index is 1340. The van der Waals surface area contributed by atoms with Gasteiger partial charge in [0.15, 0.2) is 5.84 Å². The van der Waals surface area contributed by atoms with Gasteiger partial charge in [-0.1, -0.05) is 29.8 Å². The van der Waals surface area contributed by atoms with E-state index in [1.807, 2.05) is 42.6 Å². The Labute approximate surface area is 225 Å². The average molecular weight is 535 g/mol. The van der Waals surface area contributed by atoms with E-state index < -0.39 is 17.8 Å². The number of halogens is 2. The van der Waals surface area contributed by atoms with Crippen LogP contribution in [0.25, 0.3) is 0 Å². The van der Waals surface area contributed by atoms with Gasteiger partial charge in [-0.2, -0.15) is 0 Å². The normalized spacial score (nSPS) is 18.6. The molecule has 0 amide bonds. The summed E-state index contributed by atoms with van der Waals surface area (Å²) >= 11 is 6.45. The largest absolute Gasteiger partial charge is 0.466 e. The molecule has 1 aromatic carbocycles. The van der Waals surface area contributed by atoms with Crippen LogP contribution in [0.2, 0.25) is 5.02 Å². The molecule has 1 saturated heterocycles. The van der Waals surface area contributed by atoms with E-state index in [0.717, 1.165) is 38.4 Å². The van der Waals surface area contributed by atoms with Crippen molar-refractivity contribution in [3.8, 4) is 0 Å². The summed E-state index contributed by atoms with van der Waals surface area (Å²) in [5.41, 5.74) is 3.19. The van der Waals surface area contributed by atoms with E-state index in [0.29, 0.717) is 34.9 Å². The third-order valence-corrected chi connectivity index (χ3v) is 6.98. The Morgan fingerprint density at radius 3 is 2.37 bits per heavy atom. The fraction of sp³-hybridized carbons (Fsp3) is 0.286. The fourth-order valence-electron chi connectivity index (χ4n) is 4.70. The van der Waals surface area contributed by atoms with Crippen molar-refractivity contribution in [2.24, 2.45) is 4.99 Å². The van der Waals surface area contributed by atoms with Gasteiger partial charge in [-0.3, -0.25) is 24.8 Å². The molecule has 0 radical (unpaired) electrons. The SMILES string of the molecule is COC(=O)C1=C(CN2CCN(Cc3ccccn3)CC2)NC(c2ccccn2)=NC1c1ccc(F)cc1Cl. The van der Waals surface area contributed by atoms with Gasteiger partial charge in [0.2, 0.25) is 0 Å². The number of hydrogen-bond acceptors (Lipinski definition) is 8. The maximum Gasteiger partial charge on any atom is 0.338 e. The summed E-state index contributed by atoms with van der Waals surface area (Å²) in [7, 11) is 1.34. The number of benzene rings is 1. The minimum absolute atomic E-state index is 0.185. The number of carbonyl (C=O) groups excluding carboxylic acids is 1. The second-order valence-electron chi connectivity index (χ2n) is 9.14. The number of methoxy groups -OCH3 is 1. The molecular weight excluding hydrogens is 507 g/mol. The molecule has 10 heteroatoms. The van der Waals surface area contributed by atoms with E-state index in [-0.39, 0.29) is 5.02 Å². The van der Waals surface area contributed by atoms with Crippen LogP contribution in [-0.4, -0.2) is 71.4 Å². The number of aliphatic imine (C=N–C) groups is 1. The van der Waals surface area contributed by atoms with Crippen LogP contribution in [0.5, 0.6) is 0 Å². The fourth-order valence-corrected chi connectivity index (χ4v) is 4.97. The van der Waals surface area contributed by atoms with Crippen LogP contribution in [0.15, 0.2) is 83.3 Å². The van der Waals surface area contributed by atoms with Gasteiger partial charge in [0, 0.05) is 67.9 Å². The second kappa shape index (κ2) is 11.8. The summed E-state index contributed by atoms with van der Waals surface area (Å²) in [6.45, 7) is 4.63. The smallest absolute Gasteiger partial charge is 0.338 e. The van der Waals surface area contributed by atoms with Gasteiger partial charge in [-0.25, -0.2) is 9.18 Å². The number of esters is 1. The van der Waals surface area contributed by atoms with Gasteiger partial charge in [0.25, 0.3) is 0 Å². The van der Waals surface area contributed by atoms with E-state index in [9.17, 15) is 9.18 Å². The van der Waals surface area contributed by atoms with Gasteiger partial charge in [-0.15, -0.1) is 0 Å². The Balaban J connectivity index is 1.43. The summed E-state index contributed by atoms with van der Waals surface area (Å²) in [6, 6.07) is 14.8. The molecular formula is C28H28ClFN6O2. The lowest BCUT2D eigenvalue weighted by molar-refractivity contribution is -0.136. The highest BCUT2D eigenvalue weighted by Crippen LogP contribution is 2.36. The molecule has 196 valence electrons. The van der Waals surface area contributed by atoms with Crippen LogP contribution in [0.4, 0.5) is 4.39 Å². The number of ether oxygens (including phenoxy) is 1. The summed E-state index contributed by atoms with van der Waals surface area (Å²) in [6.07, 6.45) is 3.49. The molecule has 1 N–H and O–H groups in total. The van der Waals surface area contributed by atoms with Crippen LogP contribution in [0, 0.1) is 5.82 Å². The number of nitrogens with one attached hydrogen (secondary N) is 1. The first-order valence-corrected chi connectivity index (χ1v) is 12.8. The standard InChI is InChI=1S/C28H28ClFN6O2/c1-38-28(37)25-24(18-36-14-12-35(13-15-36)17-20-6-2-4-10-31-20)33-27(23-7-3-5-11-32-23)34-26(25)21-9-8-19(30)16-22(21)29/h2-11,16,26H,12-15,17-18H2,1H3,(H,33,34). The van der Waals surface area contributed by atoms with Crippen LogP contribution < -0.4 is 5.32 Å². The van der Waals surface area contributed by atoms with Gasteiger partial charge in [0.1, 0.15) is 17.6 Å². The van der Waals surface area contributed by atoms with Crippen LogP contribution in [-0.2, 0) is 16.1 Å². The predicted octanol–water partition coefficient (Wildman–Crippen LogP) is 3.61. The second-order valence-corrected chi connectivity index (χ2v) is 9.55. The number of piperazine rings is 1. The minimum atomic E-state index is -0.783. The number of aromatic nitrogens is 2. The minimum Gasteiger partial charge on any atom is -0.466 e. The van der Waals surface area contributed by atoms with Gasteiger partial charge < -0.3 is 10.1 Å². The van der Waals surface area contributed by atoms with Crippen LogP contribution in [0.1, 0.15) is 23.0 Å². The van der Waals surface area contributed by atoms with Crippen molar-refractivity contribution >= 4 is 23.4 Å². The molecule has 1 fully saturated rings. The molecule has 2 aromatic heterocycles. The van der Waals surface area contributed by atoms with Crippen LogP contribution in [0.3, 0.4) is 0 Å². The molecule has 0 spiro atoms. The molecule has 0 aliphatic carbocycles. The quantitative estimate of drug-likeness (QED) is 0.464. The number of carbonyl (C=O) groups is 1. The molecule has 1 atom stereocenters. The number of amidine groups is 1. The van der Waals surface area contributed by atoms with Crippen molar-refractivity contribution in [2.75, 3.05) is 39.8 Å². The molecule has 3 aromatic rings. The summed E-state index contributed by atoms with van der Waals surface area (Å²) in [5, 5.41) is 3.53. The van der Waals surface area contributed by atoms with Crippen molar-refractivity contribution in [3.63, 3.8) is 0 Å². The number of nitrogens with zero attached hydrogens (tertiary/aromatic N) is 5. The Morgan fingerprint density at radius 1 is 1.03 bits per heavy atom. The molecule has 2 aliphatic rings. The van der Waals surface area contributed by atoms with Crippen molar-refractivity contribution in [1.82, 2.24) is 25.1 Å². The third kappa shape index (κ3) is 5.91. The topological polar surface area (TPSA) is 83.0 Å². The molecule has 1 unspecified atom stereocenters. The van der Waals surface area contributed by atoms with Gasteiger partial charge in [-0.05, 0) is 36.4 Å². The Hall–Kier alpha value is -3.66. The molecule has 2 aliphatic heterocycles. The third-order valence-electron chi connectivity index (χ3n) is 6.65. The predicted molar refractivity (Wildman–Crippen MR) is 143 cm³/mol. The zero-order valence-electron chi connectivity index (χ0n) is 21.0. The molecule has 38 heavy (non-hydrogen) atoms. The first-order valence-electron chi connectivity index (χ1n) is 12.4. The monoisotopic (exact) mass is 534 g/mol. The van der Waals surface area contributed by atoms with E-state index in [1.165, 1.54) is 19.2 Å². The molecule has 0 saturated carbocycles. The number of pyridine rings is 2. The number of hydrogen-bond donors (Lipinski definition) is 1. The lowest BCUT2D eigenvalue weighted by Gasteiger charge is -2.36. The van der Waals surface area contributed by atoms with Crippen LogP contribution >= 0.6 is 11.6 Å². The zero-order chi connectivity index (χ0) is 26.5. The highest BCUT2D eigenvalue weighted by Gasteiger charge is 2.34. The van der Waals surface area contributed by atoms with Crippen molar-refractivity contribution in [3.05, 3.63) is 106 Å². The van der Waals surface area contributed by atoms with Crippen molar-refractivity contribution < 1.29 is 13.9 Å². The Kier molecular flexibility index (Phi) is 8.07. The molecule has 4 heterocycles. The van der Waals surface area contributed by atoms with Gasteiger partial charge >= 0.3 is 5.97 Å². The van der Waals surface area contributed by atoms with E-state index in [4.69, 9.17) is 21.3 Å². The maximum atomic E-state index is 13.9. The lowest BCUT2D eigenvalue weighted by atomic mass is 9.94. The highest BCUT2D eigenvalue weighted by atomic mass is 35.5. The lowest BCUT2D eigenvalue weighted by Crippen LogP contribution is -2.48. The maximum absolute atomic E-state index is 13.9. The average Bonchev–Trinajstić information content (AvgIpc) is 2.94.